The van der Waals surface area contributed by atoms with Crippen LogP contribution < -0.4 is 16.5 Å². The molecule has 0 saturated carbocycles. The number of benzene rings is 2. The van der Waals surface area contributed by atoms with E-state index in [0.717, 1.165) is 21.6 Å². The highest BCUT2D eigenvalue weighted by Crippen LogP contribution is 2.31. The predicted octanol–water partition coefficient (Wildman–Crippen LogP) is 5.11. The Morgan fingerprint density at radius 3 is 2.55 bits per heavy atom. The molecule has 0 aliphatic carbocycles. The highest BCUT2D eigenvalue weighted by atomic mass is 32.1. The van der Waals surface area contributed by atoms with E-state index in [1.165, 1.54) is 6.07 Å². The van der Waals surface area contributed by atoms with Gasteiger partial charge in [-0.15, -0.1) is 11.3 Å². The van der Waals surface area contributed by atoms with Crippen LogP contribution in [-0.4, -0.2) is 28.3 Å². The number of carbonyl (C=O) groups is 2. The summed E-state index contributed by atoms with van der Waals surface area (Å²) in [5.74, 6) is -1.15. The zero-order valence-electron chi connectivity index (χ0n) is 20.8. The zero-order chi connectivity index (χ0) is 27.0. The average Bonchev–Trinajstić information content (AvgIpc) is 3.32. The van der Waals surface area contributed by atoms with Crippen LogP contribution in [0.3, 0.4) is 0 Å². The lowest BCUT2D eigenvalue weighted by molar-refractivity contribution is 0.0520. The van der Waals surface area contributed by atoms with Gasteiger partial charge in [0.05, 0.1) is 17.7 Å². The molecule has 10 heteroatoms. The third kappa shape index (κ3) is 4.50. The number of hydrogen-bond acceptors (Lipinski definition) is 8. The lowest BCUT2D eigenvalue weighted by atomic mass is 10.0. The lowest BCUT2D eigenvalue weighted by Gasteiger charge is -2.11. The molecule has 3 heterocycles. The maximum absolute atomic E-state index is 13.6. The first-order valence-electron chi connectivity index (χ1n) is 11.9. The molecule has 3 aromatic heterocycles. The molecule has 0 aliphatic rings. The van der Waals surface area contributed by atoms with Crippen LogP contribution in [0.2, 0.25) is 0 Å². The molecule has 1 amide bonds. The standard InChI is InChI=1S/C28H23N3O6S/c1-4-36-28(35)23-20-14-38-25(29-24(32)19-13-17-7-5-6-8-21(17)37-27(19)34)22(20)26(33)31(30-23)18-11-9-16(10-12-18)15(2)3/h5-15H,4H2,1-3H3,(H,29,32). The number of para-hydroxylation sites is 1. The first-order valence-corrected chi connectivity index (χ1v) is 12.8. The maximum Gasteiger partial charge on any atom is 0.359 e. The molecule has 38 heavy (non-hydrogen) atoms. The number of thiophene rings is 1. The summed E-state index contributed by atoms with van der Waals surface area (Å²) in [6, 6.07) is 15.5. The van der Waals surface area contributed by atoms with E-state index in [1.807, 2.05) is 12.1 Å². The molecular weight excluding hydrogens is 506 g/mol. The van der Waals surface area contributed by atoms with E-state index < -0.39 is 23.1 Å². The molecule has 5 aromatic rings. The van der Waals surface area contributed by atoms with E-state index in [1.54, 1.807) is 48.7 Å². The number of esters is 1. The molecule has 0 fully saturated rings. The molecule has 2 aromatic carbocycles. The van der Waals surface area contributed by atoms with Crippen molar-refractivity contribution in [3.63, 3.8) is 0 Å². The Morgan fingerprint density at radius 2 is 1.84 bits per heavy atom. The van der Waals surface area contributed by atoms with Gasteiger partial charge in [0.1, 0.15) is 16.1 Å². The van der Waals surface area contributed by atoms with Gasteiger partial charge >= 0.3 is 11.6 Å². The van der Waals surface area contributed by atoms with Crippen molar-refractivity contribution in [2.45, 2.75) is 26.7 Å². The first kappa shape index (κ1) is 25.1. The zero-order valence-corrected chi connectivity index (χ0v) is 21.6. The van der Waals surface area contributed by atoms with Crippen LogP contribution in [0.5, 0.6) is 0 Å². The van der Waals surface area contributed by atoms with Crippen molar-refractivity contribution in [2.24, 2.45) is 0 Å². The second kappa shape index (κ2) is 10.1. The number of amides is 1. The number of ether oxygens (including phenoxy) is 1. The van der Waals surface area contributed by atoms with Crippen molar-refractivity contribution >= 4 is 50.0 Å². The smallest absolute Gasteiger partial charge is 0.359 e. The Bertz CT molecular complexity index is 1820. The Kier molecular flexibility index (Phi) is 6.64. The number of nitrogens with zero attached hydrogens (tertiary/aromatic N) is 2. The van der Waals surface area contributed by atoms with Crippen LogP contribution in [0.15, 0.2) is 74.0 Å². The van der Waals surface area contributed by atoms with E-state index >= 15 is 0 Å². The summed E-state index contributed by atoms with van der Waals surface area (Å²) in [4.78, 5) is 52.1. The molecular formula is C28H23N3O6S. The van der Waals surface area contributed by atoms with Crippen molar-refractivity contribution in [2.75, 3.05) is 11.9 Å². The van der Waals surface area contributed by atoms with Crippen LogP contribution in [0.25, 0.3) is 27.4 Å². The molecule has 1 N–H and O–H groups in total. The van der Waals surface area contributed by atoms with E-state index in [9.17, 15) is 19.2 Å². The second-order valence-corrected chi connectivity index (χ2v) is 9.70. The van der Waals surface area contributed by atoms with Crippen LogP contribution in [0.4, 0.5) is 5.00 Å². The quantitative estimate of drug-likeness (QED) is 0.240. The molecule has 0 unspecified atom stereocenters. The fourth-order valence-corrected chi connectivity index (χ4v) is 4.99. The summed E-state index contributed by atoms with van der Waals surface area (Å²) in [6.07, 6.45) is 0. The molecule has 0 radical (unpaired) electrons. The fourth-order valence-electron chi connectivity index (χ4n) is 4.06. The number of carbonyl (C=O) groups excluding carboxylic acids is 2. The van der Waals surface area contributed by atoms with Gasteiger partial charge in [-0.1, -0.05) is 44.2 Å². The molecule has 0 saturated heterocycles. The minimum Gasteiger partial charge on any atom is -0.461 e. The minimum atomic E-state index is -0.807. The summed E-state index contributed by atoms with van der Waals surface area (Å²) in [7, 11) is 0. The van der Waals surface area contributed by atoms with Crippen LogP contribution in [-0.2, 0) is 4.74 Å². The van der Waals surface area contributed by atoms with Crippen LogP contribution >= 0.6 is 11.3 Å². The van der Waals surface area contributed by atoms with Crippen molar-refractivity contribution in [3.05, 3.63) is 97.6 Å². The Morgan fingerprint density at radius 1 is 1.11 bits per heavy atom. The van der Waals surface area contributed by atoms with Crippen LogP contribution in [0, 0.1) is 0 Å². The van der Waals surface area contributed by atoms with Gasteiger partial charge in [0.15, 0.2) is 5.69 Å². The second-order valence-electron chi connectivity index (χ2n) is 8.83. The molecule has 0 spiro atoms. The Hall–Kier alpha value is -4.57. The number of anilines is 1. The number of rotatable bonds is 6. The van der Waals surface area contributed by atoms with E-state index in [2.05, 4.69) is 24.3 Å². The number of fused-ring (bicyclic) bond motifs is 2. The lowest BCUT2D eigenvalue weighted by Crippen LogP contribution is -2.26. The monoisotopic (exact) mass is 529 g/mol. The van der Waals surface area contributed by atoms with Crippen molar-refractivity contribution < 1.29 is 18.7 Å². The van der Waals surface area contributed by atoms with Gasteiger partial charge in [0, 0.05) is 16.2 Å². The summed E-state index contributed by atoms with van der Waals surface area (Å²) >= 11 is 1.04. The minimum absolute atomic E-state index is 0.0589. The SMILES string of the molecule is CCOC(=O)c1nn(-c2ccc(C(C)C)cc2)c(=O)c2c(NC(=O)c3cc4ccccc4oc3=O)scc12. The number of nitrogens with one attached hydrogen (secondary N) is 1. The summed E-state index contributed by atoms with van der Waals surface area (Å²) in [6.45, 7) is 5.90. The number of aromatic nitrogens is 2. The van der Waals surface area contributed by atoms with Gasteiger partial charge in [-0.05, 0) is 42.7 Å². The molecule has 5 rings (SSSR count). The molecule has 0 bridgehead atoms. The van der Waals surface area contributed by atoms with Gasteiger partial charge in [-0.25, -0.2) is 9.59 Å². The Balaban J connectivity index is 1.64. The van der Waals surface area contributed by atoms with Crippen LogP contribution in [0.1, 0.15) is 53.1 Å². The third-order valence-electron chi connectivity index (χ3n) is 6.04. The average molecular weight is 530 g/mol. The number of hydrogen-bond donors (Lipinski definition) is 1. The molecule has 9 nitrogen and oxygen atoms in total. The molecule has 0 aliphatic heterocycles. The first-order chi connectivity index (χ1) is 18.3. The third-order valence-corrected chi connectivity index (χ3v) is 6.93. The van der Waals surface area contributed by atoms with Crippen molar-refractivity contribution in [1.29, 1.82) is 0 Å². The van der Waals surface area contributed by atoms with Crippen molar-refractivity contribution in [3.8, 4) is 5.69 Å². The van der Waals surface area contributed by atoms with Gasteiger partial charge < -0.3 is 14.5 Å². The van der Waals surface area contributed by atoms with Gasteiger partial charge in [-0.3, -0.25) is 9.59 Å². The largest absolute Gasteiger partial charge is 0.461 e. The summed E-state index contributed by atoms with van der Waals surface area (Å²) < 4.78 is 11.6. The highest BCUT2D eigenvalue weighted by molar-refractivity contribution is 7.16. The normalized spacial score (nSPS) is 11.3. The van der Waals surface area contributed by atoms with Gasteiger partial charge in [0.25, 0.3) is 11.5 Å². The summed E-state index contributed by atoms with van der Waals surface area (Å²) in [5.41, 5.74) is 0.265. The maximum atomic E-state index is 13.6. The van der Waals surface area contributed by atoms with E-state index in [0.29, 0.717) is 16.7 Å². The predicted molar refractivity (Wildman–Crippen MR) is 146 cm³/mol. The fraction of sp³-hybridized carbons (Fsp3) is 0.179. The topological polar surface area (TPSA) is 120 Å². The highest BCUT2D eigenvalue weighted by Gasteiger charge is 2.24. The Labute approximate surface area is 220 Å². The van der Waals surface area contributed by atoms with E-state index in [-0.39, 0.29) is 39.6 Å². The van der Waals surface area contributed by atoms with Gasteiger partial charge in [-0.2, -0.15) is 9.78 Å². The summed E-state index contributed by atoms with van der Waals surface area (Å²) in [5, 5.41) is 9.61. The van der Waals surface area contributed by atoms with E-state index in [4.69, 9.17) is 9.15 Å². The molecule has 0 atom stereocenters. The molecule has 192 valence electrons. The van der Waals surface area contributed by atoms with Gasteiger partial charge in [0.2, 0.25) is 0 Å². The van der Waals surface area contributed by atoms with Crippen molar-refractivity contribution in [1.82, 2.24) is 9.78 Å².